The molecule has 2 aliphatic heterocycles. The Bertz CT molecular complexity index is 1070. The van der Waals surface area contributed by atoms with E-state index >= 15 is 0 Å². The number of hydrogen-bond acceptors (Lipinski definition) is 6. The van der Waals surface area contributed by atoms with Gasteiger partial charge in [-0.15, -0.1) is 0 Å². The maximum absolute atomic E-state index is 12.7. The number of carbonyl (C=O) groups is 1. The van der Waals surface area contributed by atoms with Crippen molar-refractivity contribution in [1.82, 2.24) is 19.4 Å². The minimum absolute atomic E-state index is 0.153. The van der Waals surface area contributed by atoms with E-state index in [2.05, 4.69) is 46.9 Å². The third-order valence-electron chi connectivity index (χ3n) is 6.36. The minimum atomic E-state index is -1.13. The van der Waals surface area contributed by atoms with Crippen LogP contribution in [0.15, 0.2) is 19.1 Å². The van der Waals surface area contributed by atoms with Crippen molar-refractivity contribution in [2.75, 3.05) is 31.1 Å². The molecule has 0 unspecified atom stereocenters. The summed E-state index contributed by atoms with van der Waals surface area (Å²) in [5, 5.41) is 1.03. The quantitative estimate of drug-likeness (QED) is 0.425. The first-order valence-electron chi connectivity index (χ1n) is 12.3. The van der Waals surface area contributed by atoms with Gasteiger partial charge in [-0.2, -0.15) is 0 Å². The van der Waals surface area contributed by atoms with E-state index in [4.69, 9.17) is 14.5 Å². The van der Waals surface area contributed by atoms with Crippen LogP contribution in [0.3, 0.4) is 0 Å². The minimum Gasteiger partial charge on any atom is -0.444 e. The molecule has 0 spiro atoms. The fraction of sp³-hybridized carbons (Fsp3) is 0.640. The van der Waals surface area contributed by atoms with Gasteiger partial charge in [0.05, 0.1) is 5.39 Å². The second-order valence-corrected chi connectivity index (χ2v) is 17.3. The molecular formula is C25H39N5O3Si. The highest BCUT2D eigenvalue weighted by atomic mass is 28.3. The topological polar surface area (TPSA) is 72.7 Å². The molecule has 1 amide bonds. The van der Waals surface area contributed by atoms with Gasteiger partial charge in [-0.1, -0.05) is 26.2 Å². The number of nitrogens with zero attached hydrogens (tertiary/aromatic N) is 5. The van der Waals surface area contributed by atoms with Crippen molar-refractivity contribution in [3.63, 3.8) is 0 Å². The van der Waals surface area contributed by atoms with Gasteiger partial charge in [-0.3, -0.25) is 0 Å². The van der Waals surface area contributed by atoms with E-state index in [0.29, 0.717) is 19.8 Å². The number of aromatic nitrogens is 3. The van der Waals surface area contributed by atoms with Crippen LogP contribution in [0.5, 0.6) is 0 Å². The summed E-state index contributed by atoms with van der Waals surface area (Å²) in [5.41, 5.74) is 2.51. The van der Waals surface area contributed by atoms with Crippen molar-refractivity contribution in [3.05, 3.63) is 24.7 Å². The number of amides is 1. The Hall–Kier alpha value is -2.39. The monoisotopic (exact) mass is 485 g/mol. The number of piperidine rings is 1. The number of ether oxygens (including phenoxy) is 2. The summed E-state index contributed by atoms with van der Waals surface area (Å²) in [7, 11) is -1.13. The summed E-state index contributed by atoms with van der Waals surface area (Å²) in [6.45, 7) is 20.4. The van der Waals surface area contributed by atoms with Crippen LogP contribution in [0, 0.1) is 0 Å². The van der Waals surface area contributed by atoms with E-state index in [1.54, 1.807) is 6.33 Å². The Kier molecular flexibility index (Phi) is 6.79. The van der Waals surface area contributed by atoms with Crippen LogP contribution in [-0.2, 0) is 16.2 Å². The molecule has 0 radical (unpaired) electrons. The third-order valence-corrected chi connectivity index (χ3v) is 8.07. The van der Waals surface area contributed by atoms with Crippen molar-refractivity contribution in [2.24, 2.45) is 0 Å². The first-order chi connectivity index (χ1) is 15.9. The molecule has 0 aromatic carbocycles. The molecule has 1 fully saturated rings. The van der Waals surface area contributed by atoms with Gasteiger partial charge in [0.2, 0.25) is 0 Å². The van der Waals surface area contributed by atoms with Crippen LogP contribution in [0.4, 0.5) is 10.6 Å². The molecular weight excluding hydrogens is 446 g/mol. The highest BCUT2D eigenvalue weighted by Crippen LogP contribution is 2.39. The number of anilines is 1. The van der Waals surface area contributed by atoms with Gasteiger partial charge >= 0.3 is 6.09 Å². The lowest BCUT2D eigenvalue weighted by atomic mass is 9.98. The zero-order valence-electron chi connectivity index (χ0n) is 21.6. The molecule has 34 heavy (non-hydrogen) atoms. The normalized spacial score (nSPS) is 19.1. The van der Waals surface area contributed by atoms with Crippen molar-refractivity contribution in [2.45, 2.75) is 77.7 Å². The van der Waals surface area contributed by atoms with E-state index in [1.165, 1.54) is 0 Å². The lowest BCUT2D eigenvalue weighted by Gasteiger charge is -2.42. The summed E-state index contributed by atoms with van der Waals surface area (Å²) >= 11 is 0. The highest BCUT2D eigenvalue weighted by Gasteiger charge is 2.35. The van der Waals surface area contributed by atoms with Gasteiger partial charge in [0, 0.05) is 52.1 Å². The number of likely N-dealkylation sites (tertiary alicyclic amines) is 1. The Labute approximate surface area is 203 Å². The molecule has 8 nitrogen and oxygen atoms in total. The Balaban J connectivity index is 1.55. The second kappa shape index (κ2) is 9.34. The molecule has 4 heterocycles. The van der Waals surface area contributed by atoms with Crippen LogP contribution in [0.2, 0.25) is 25.7 Å². The Morgan fingerprint density at radius 2 is 2.03 bits per heavy atom. The molecule has 2 aromatic heterocycles. The van der Waals surface area contributed by atoms with E-state index in [-0.39, 0.29) is 12.1 Å². The van der Waals surface area contributed by atoms with Gasteiger partial charge in [0.25, 0.3) is 0 Å². The summed E-state index contributed by atoms with van der Waals surface area (Å²) < 4.78 is 13.7. The van der Waals surface area contributed by atoms with Crippen LogP contribution >= 0.6 is 0 Å². The summed E-state index contributed by atoms with van der Waals surface area (Å²) in [6.07, 6.45) is 5.41. The van der Waals surface area contributed by atoms with Crippen molar-refractivity contribution < 1.29 is 14.3 Å². The average molecular weight is 486 g/mol. The number of rotatable bonds is 6. The van der Waals surface area contributed by atoms with Gasteiger partial charge in [0.15, 0.2) is 0 Å². The summed E-state index contributed by atoms with van der Waals surface area (Å²) in [5.74, 6) is 0.921. The van der Waals surface area contributed by atoms with Gasteiger partial charge < -0.3 is 23.8 Å². The molecule has 9 heteroatoms. The van der Waals surface area contributed by atoms with Crippen molar-refractivity contribution in [3.8, 4) is 0 Å². The van der Waals surface area contributed by atoms with Gasteiger partial charge in [0.1, 0.15) is 30.1 Å². The van der Waals surface area contributed by atoms with Crippen LogP contribution in [0.1, 0.15) is 39.2 Å². The van der Waals surface area contributed by atoms with Crippen LogP contribution < -0.4 is 4.90 Å². The first-order valence-corrected chi connectivity index (χ1v) is 16.0. The standard InChI is InChI=1S/C25H39N5O3Si/c1-18-13-30(19-9-8-10-28(14-19)24(31)33-25(2,3)4)23-21-20(18)15-29(22(21)26-16-27-23)17-32-11-12-34(5,6)7/h15-16,19H,1,8-14,17H2,2-7H3/t19-/m1/s1. The highest BCUT2D eigenvalue weighted by molar-refractivity contribution is 6.76. The first kappa shape index (κ1) is 24.7. The van der Waals surface area contributed by atoms with E-state index in [9.17, 15) is 4.79 Å². The van der Waals surface area contributed by atoms with E-state index in [1.807, 2.05) is 25.7 Å². The van der Waals surface area contributed by atoms with E-state index in [0.717, 1.165) is 60.0 Å². The molecule has 186 valence electrons. The van der Waals surface area contributed by atoms with Crippen molar-refractivity contribution >= 4 is 36.6 Å². The largest absolute Gasteiger partial charge is 0.444 e. The predicted molar refractivity (Wildman–Crippen MR) is 139 cm³/mol. The predicted octanol–water partition coefficient (Wildman–Crippen LogP) is 4.98. The number of hydrogen-bond donors (Lipinski definition) is 0. The lowest BCUT2D eigenvalue weighted by molar-refractivity contribution is 0.0198. The lowest BCUT2D eigenvalue weighted by Crippen LogP contribution is -2.52. The second-order valence-electron chi connectivity index (χ2n) is 11.7. The smallest absolute Gasteiger partial charge is 0.410 e. The molecule has 2 aliphatic rings. The van der Waals surface area contributed by atoms with Crippen molar-refractivity contribution in [1.29, 1.82) is 0 Å². The fourth-order valence-corrected chi connectivity index (χ4v) is 5.36. The molecule has 0 aliphatic carbocycles. The molecule has 0 bridgehead atoms. The van der Waals surface area contributed by atoms with Crippen LogP contribution in [-0.4, -0.2) is 71.5 Å². The molecule has 1 saturated heterocycles. The fourth-order valence-electron chi connectivity index (χ4n) is 4.60. The average Bonchev–Trinajstić information content (AvgIpc) is 3.12. The van der Waals surface area contributed by atoms with Gasteiger partial charge in [-0.25, -0.2) is 14.8 Å². The summed E-state index contributed by atoms with van der Waals surface area (Å²) in [4.78, 5) is 26.1. The molecule has 4 rings (SSSR count). The zero-order valence-corrected chi connectivity index (χ0v) is 22.6. The third kappa shape index (κ3) is 5.46. The molecule has 2 aromatic rings. The van der Waals surface area contributed by atoms with Gasteiger partial charge in [-0.05, 0) is 45.2 Å². The number of carbonyl (C=O) groups excluding carboxylic acids is 1. The van der Waals surface area contributed by atoms with E-state index < -0.39 is 13.7 Å². The maximum Gasteiger partial charge on any atom is 0.410 e. The molecule has 0 N–H and O–H groups in total. The zero-order chi connectivity index (χ0) is 24.7. The van der Waals surface area contributed by atoms with Crippen LogP contribution in [0.25, 0.3) is 16.6 Å². The Morgan fingerprint density at radius 1 is 1.26 bits per heavy atom. The Morgan fingerprint density at radius 3 is 2.74 bits per heavy atom. The summed E-state index contributed by atoms with van der Waals surface area (Å²) in [6, 6.07) is 1.29. The SMILES string of the molecule is C=C1CN([C@@H]2CCCN(C(=O)OC(C)(C)C)C2)c2ncnc3c2c1cn3COCC[Si](C)(C)C. The maximum atomic E-state index is 12.7. The molecule has 0 saturated carbocycles. The molecule has 1 atom stereocenters.